The van der Waals surface area contributed by atoms with Crippen molar-refractivity contribution in [1.29, 1.82) is 0 Å². The molecule has 1 aromatic rings. The third-order valence-electron chi connectivity index (χ3n) is 2.96. The highest BCUT2D eigenvalue weighted by Crippen LogP contribution is 2.24. The highest BCUT2D eigenvalue weighted by Gasteiger charge is 2.36. The molecule has 1 amide bonds. The Labute approximate surface area is 120 Å². The number of hydrogen-bond acceptors (Lipinski definition) is 4. The normalized spacial score (nSPS) is 22.3. The molecule has 0 radical (unpaired) electrons. The molecule has 5 nitrogen and oxygen atoms in total. The average molecular weight is 329 g/mol. The van der Waals surface area contributed by atoms with Gasteiger partial charge < -0.3 is 14.7 Å². The van der Waals surface area contributed by atoms with Crippen LogP contribution in [0, 0.1) is 0 Å². The molecule has 0 bridgehead atoms. The van der Waals surface area contributed by atoms with Gasteiger partial charge in [-0.3, -0.25) is 4.79 Å². The summed E-state index contributed by atoms with van der Waals surface area (Å²) in [5.74, 6) is -0.102. The summed E-state index contributed by atoms with van der Waals surface area (Å²) in [5.41, 5.74) is 0.0626. The van der Waals surface area contributed by atoms with E-state index in [1.807, 2.05) is 13.8 Å². The Morgan fingerprint density at radius 2 is 2.42 bits per heavy atom. The molecule has 1 saturated heterocycles. The van der Waals surface area contributed by atoms with Crippen LogP contribution in [-0.4, -0.2) is 52.3 Å². The van der Waals surface area contributed by atoms with Gasteiger partial charge in [-0.05, 0) is 41.9 Å². The van der Waals surface area contributed by atoms with Crippen LogP contribution in [-0.2, 0) is 4.74 Å². The zero-order valence-corrected chi connectivity index (χ0v) is 12.6. The van der Waals surface area contributed by atoms with Crippen LogP contribution in [0.5, 0.6) is 0 Å². The van der Waals surface area contributed by atoms with Crippen molar-refractivity contribution >= 4 is 21.8 Å². The number of hydrogen-bond donors (Lipinski definition) is 1. The van der Waals surface area contributed by atoms with Crippen LogP contribution in [0.2, 0.25) is 0 Å². The first-order chi connectivity index (χ1) is 8.93. The third kappa shape index (κ3) is 3.32. The number of halogens is 1. The Morgan fingerprint density at radius 3 is 3.05 bits per heavy atom. The molecule has 104 valence electrons. The van der Waals surface area contributed by atoms with Gasteiger partial charge in [0.1, 0.15) is 4.60 Å². The van der Waals surface area contributed by atoms with E-state index >= 15 is 0 Å². The van der Waals surface area contributed by atoms with E-state index in [-0.39, 0.29) is 18.6 Å². The van der Waals surface area contributed by atoms with Gasteiger partial charge in [-0.25, -0.2) is 4.98 Å². The van der Waals surface area contributed by atoms with Gasteiger partial charge in [-0.1, -0.05) is 0 Å². The highest BCUT2D eigenvalue weighted by atomic mass is 79.9. The van der Waals surface area contributed by atoms with Crippen LogP contribution in [0.4, 0.5) is 0 Å². The van der Waals surface area contributed by atoms with Crippen LogP contribution in [0.15, 0.2) is 22.9 Å². The van der Waals surface area contributed by atoms with Gasteiger partial charge >= 0.3 is 0 Å². The van der Waals surface area contributed by atoms with Gasteiger partial charge in [-0.2, -0.15) is 0 Å². The highest BCUT2D eigenvalue weighted by molar-refractivity contribution is 9.10. The molecule has 1 atom stereocenters. The fourth-order valence-corrected chi connectivity index (χ4v) is 2.68. The third-order valence-corrected chi connectivity index (χ3v) is 3.59. The summed E-state index contributed by atoms with van der Waals surface area (Å²) in [6.07, 6.45) is 1.28. The minimum atomic E-state index is -0.462. The predicted molar refractivity (Wildman–Crippen MR) is 73.9 cm³/mol. The molecule has 0 aliphatic carbocycles. The van der Waals surface area contributed by atoms with Gasteiger partial charge in [0.05, 0.1) is 23.9 Å². The molecule has 1 fully saturated rings. The number of aliphatic hydroxyl groups excluding tert-OH is 1. The predicted octanol–water partition coefficient (Wildman–Crippen LogP) is 1.46. The van der Waals surface area contributed by atoms with Crippen LogP contribution in [0.3, 0.4) is 0 Å². The van der Waals surface area contributed by atoms with Crippen LogP contribution in [0.25, 0.3) is 0 Å². The zero-order valence-electron chi connectivity index (χ0n) is 11.0. The van der Waals surface area contributed by atoms with Gasteiger partial charge in [0.2, 0.25) is 0 Å². The summed E-state index contributed by atoms with van der Waals surface area (Å²) >= 11 is 3.28. The summed E-state index contributed by atoms with van der Waals surface area (Å²) in [6.45, 7) is 4.60. The summed E-state index contributed by atoms with van der Waals surface area (Å²) in [4.78, 5) is 18.2. The number of carbonyl (C=O) groups is 1. The van der Waals surface area contributed by atoms with E-state index in [2.05, 4.69) is 20.9 Å². The van der Waals surface area contributed by atoms with Gasteiger partial charge in [0.25, 0.3) is 5.91 Å². The minimum Gasteiger partial charge on any atom is -0.394 e. The Balaban J connectivity index is 2.21. The Bertz CT molecular complexity index is 479. The fourth-order valence-electron chi connectivity index (χ4n) is 2.26. The van der Waals surface area contributed by atoms with Crippen molar-refractivity contribution in [1.82, 2.24) is 9.88 Å². The lowest BCUT2D eigenvalue weighted by Crippen LogP contribution is -2.55. The lowest BCUT2D eigenvalue weighted by molar-refractivity contribution is -0.139. The molecule has 0 aromatic carbocycles. The number of morpholine rings is 1. The second kappa shape index (κ2) is 5.56. The van der Waals surface area contributed by atoms with Gasteiger partial charge in [0, 0.05) is 19.3 Å². The SMILES string of the molecule is CC1(C)CN(C(=O)c2cccnc2Br)CC(CO)O1. The van der Waals surface area contributed by atoms with Gasteiger partial charge in [0.15, 0.2) is 0 Å². The number of aromatic nitrogens is 1. The molecule has 1 aliphatic rings. The number of ether oxygens (including phenoxy) is 1. The maximum atomic E-state index is 12.5. The number of carbonyl (C=O) groups excluding carboxylic acids is 1. The molecule has 1 aliphatic heterocycles. The fraction of sp³-hybridized carbons (Fsp3) is 0.538. The quantitative estimate of drug-likeness (QED) is 0.835. The van der Waals surface area contributed by atoms with E-state index in [1.165, 1.54) is 0 Å². The van der Waals surface area contributed by atoms with E-state index < -0.39 is 5.60 Å². The van der Waals surface area contributed by atoms with Crippen molar-refractivity contribution in [3.63, 3.8) is 0 Å². The minimum absolute atomic E-state index is 0.0958. The van der Waals surface area contributed by atoms with E-state index in [0.717, 1.165) is 0 Å². The van der Waals surface area contributed by atoms with Crippen molar-refractivity contribution in [3.05, 3.63) is 28.5 Å². The number of amides is 1. The smallest absolute Gasteiger partial charge is 0.256 e. The number of nitrogens with zero attached hydrogens (tertiary/aromatic N) is 2. The Morgan fingerprint density at radius 1 is 1.68 bits per heavy atom. The molecule has 1 aromatic heterocycles. The van der Waals surface area contributed by atoms with E-state index in [1.54, 1.807) is 23.2 Å². The lowest BCUT2D eigenvalue weighted by atomic mass is 10.0. The molecule has 19 heavy (non-hydrogen) atoms. The summed E-state index contributed by atoms with van der Waals surface area (Å²) < 4.78 is 6.23. The molecule has 2 heterocycles. The largest absolute Gasteiger partial charge is 0.394 e. The first kappa shape index (κ1) is 14.4. The van der Waals surface area contributed by atoms with Crippen LogP contribution >= 0.6 is 15.9 Å². The van der Waals surface area contributed by atoms with E-state index in [0.29, 0.717) is 23.3 Å². The number of pyridine rings is 1. The zero-order chi connectivity index (χ0) is 14.0. The molecule has 0 saturated carbocycles. The second-order valence-corrected chi connectivity index (χ2v) is 5.96. The summed E-state index contributed by atoms with van der Waals surface area (Å²) in [6, 6.07) is 3.46. The lowest BCUT2D eigenvalue weighted by Gasteiger charge is -2.42. The topological polar surface area (TPSA) is 62.7 Å². The first-order valence-electron chi connectivity index (χ1n) is 6.11. The maximum Gasteiger partial charge on any atom is 0.256 e. The second-order valence-electron chi connectivity index (χ2n) is 5.21. The van der Waals surface area contributed by atoms with Crippen molar-refractivity contribution in [2.45, 2.75) is 25.6 Å². The van der Waals surface area contributed by atoms with Crippen molar-refractivity contribution in [2.75, 3.05) is 19.7 Å². The van der Waals surface area contributed by atoms with E-state index in [4.69, 9.17) is 4.74 Å². The number of rotatable bonds is 2. The Hall–Kier alpha value is -0.980. The standard InChI is InChI=1S/C13H17BrN2O3/c1-13(2)8-16(6-9(7-17)19-13)12(18)10-4-3-5-15-11(10)14/h3-5,9,17H,6-8H2,1-2H3. The molecule has 6 heteroatoms. The first-order valence-corrected chi connectivity index (χ1v) is 6.91. The average Bonchev–Trinajstić information content (AvgIpc) is 2.36. The maximum absolute atomic E-state index is 12.5. The Kier molecular flexibility index (Phi) is 4.23. The monoisotopic (exact) mass is 328 g/mol. The van der Waals surface area contributed by atoms with Crippen molar-refractivity contribution in [3.8, 4) is 0 Å². The molecular formula is C13H17BrN2O3. The van der Waals surface area contributed by atoms with Crippen molar-refractivity contribution < 1.29 is 14.6 Å². The van der Waals surface area contributed by atoms with E-state index in [9.17, 15) is 9.90 Å². The summed E-state index contributed by atoms with van der Waals surface area (Å²) in [5, 5.41) is 9.26. The molecule has 1 N–H and O–H groups in total. The van der Waals surface area contributed by atoms with Crippen LogP contribution in [0.1, 0.15) is 24.2 Å². The molecular weight excluding hydrogens is 312 g/mol. The molecule has 2 rings (SSSR count). The van der Waals surface area contributed by atoms with Crippen LogP contribution < -0.4 is 0 Å². The molecule has 1 unspecified atom stereocenters. The molecule has 0 spiro atoms. The summed E-state index contributed by atoms with van der Waals surface area (Å²) in [7, 11) is 0. The number of aliphatic hydroxyl groups is 1. The van der Waals surface area contributed by atoms with Crippen molar-refractivity contribution in [2.24, 2.45) is 0 Å². The van der Waals surface area contributed by atoms with Gasteiger partial charge in [-0.15, -0.1) is 0 Å².